The molecule has 2 heterocycles. The highest BCUT2D eigenvalue weighted by molar-refractivity contribution is 8.01. The number of hydrogen-bond acceptors (Lipinski definition) is 5. The molecule has 1 amide bonds. The van der Waals surface area contributed by atoms with E-state index in [9.17, 15) is 4.79 Å². The molecule has 0 aliphatic heterocycles. The van der Waals surface area contributed by atoms with Crippen molar-refractivity contribution in [2.75, 3.05) is 11.1 Å². The van der Waals surface area contributed by atoms with Gasteiger partial charge < -0.3 is 5.32 Å². The van der Waals surface area contributed by atoms with Crippen LogP contribution in [0.5, 0.6) is 0 Å². The Labute approximate surface area is 161 Å². The second kappa shape index (κ2) is 7.45. The van der Waals surface area contributed by atoms with Gasteiger partial charge in [-0.2, -0.15) is 0 Å². The van der Waals surface area contributed by atoms with Gasteiger partial charge in [0.05, 0.1) is 31.7 Å². The summed E-state index contributed by atoms with van der Waals surface area (Å²) in [6, 6.07) is 7.10. The second-order valence-electron chi connectivity index (χ2n) is 4.81. The number of halogens is 3. The van der Waals surface area contributed by atoms with E-state index in [2.05, 4.69) is 15.3 Å². The van der Waals surface area contributed by atoms with E-state index < -0.39 is 0 Å². The Morgan fingerprint density at radius 2 is 2.00 bits per heavy atom. The van der Waals surface area contributed by atoms with E-state index in [4.69, 9.17) is 34.8 Å². The van der Waals surface area contributed by atoms with Crippen molar-refractivity contribution in [2.24, 2.45) is 0 Å². The van der Waals surface area contributed by atoms with Gasteiger partial charge in [0.1, 0.15) is 0 Å². The summed E-state index contributed by atoms with van der Waals surface area (Å²) in [5.41, 5.74) is 1.43. The third kappa shape index (κ3) is 4.13. The van der Waals surface area contributed by atoms with Crippen LogP contribution in [0.2, 0.25) is 15.1 Å². The number of rotatable bonds is 4. The molecule has 0 aliphatic carbocycles. The monoisotopic (exact) mass is 417 g/mol. The number of fused-ring (bicyclic) bond motifs is 1. The molecule has 3 aromatic rings. The van der Waals surface area contributed by atoms with Crippen molar-refractivity contribution in [1.82, 2.24) is 9.97 Å². The Morgan fingerprint density at radius 3 is 2.79 bits per heavy atom. The number of thiazole rings is 1. The number of pyridine rings is 1. The zero-order chi connectivity index (χ0) is 17.3. The summed E-state index contributed by atoms with van der Waals surface area (Å²) in [6.45, 7) is 1.75. The summed E-state index contributed by atoms with van der Waals surface area (Å²) in [4.78, 5) is 20.7. The van der Waals surface area contributed by atoms with Crippen molar-refractivity contribution in [3.8, 4) is 0 Å². The largest absolute Gasteiger partial charge is 0.309 e. The van der Waals surface area contributed by atoms with Gasteiger partial charge in [-0.25, -0.2) is 9.97 Å². The van der Waals surface area contributed by atoms with Crippen LogP contribution in [0.25, 0.3) is 10.2 Å². The maximum atomic E-state index is 12.1. The molecule has 0 saturated heterocycles. The van der Waals surface area contributed by atoms with Gasteiger partial charge in [-0.15, -0.1) is 11.3 Å². The minimum Gasteiger partial charge on any atom is -0.309 e. The number of aryl methyl sites for hydroxylation is 1. The summed E-state index contributed by atoms with van der Waals surface area (Å²) in [5, 5.41) is 4.09. The van der Waals surface area contributed by atoms with Crippen molar-refractivity contribution >= 4 is 79.8 Å². The zero-order valence-corrected chi connectivity index (χ0v) is 16.2. The number of benzene rings is 1. The van der Waals surface area contributed by atoms with Crippen LogP contribution in [0.4, 0.5) is 5.82 Å². The van der Waals surface area contributed by atoms with Gasteiger partial charge in [-0.1, -0.05) is 46.6 Å². The number of carbonyl (C=O) groups excluding carboxylic acids is 1. The third-order valence-electron chi connectivity index (χ3n) is 3.02. The molecule has 4 nitrogen and oxygen atoms in total. The Balaban J connectivity index is 1.65. The molecule has 24 heavy (non-hydrogen) atoms. The van der Waals surface area contributed by atoms with Crippen molar-refractivity contribution < 1.29 is 4.79 Å². The summed E-state index contributed by atoms with van der Waals surface area (Å²) < 4.78 is 1.83. The first-order valence-corrected chi connectivity index (χ1v) is 9.67. The summed E-state index contributed by atoms with van der Waals surface area (Å²) in [6.07, 6.45) is 0. The number of aromatic nitrogens is 2. The van der Waals surface area contributed by atoms with Crippen LogP contribution < -0.4 is 5.32 Å². The first-order chi connectivity index (χ1) is 11.4. The number of carbonyl (C=O) groups is 1. The van der Waals surface area contributed by atoms with E-state index in [0.29, 0.717) is 26.6 Å². The number of amides is 1. The van der Waals surface area contributed by atoms with Crippen LogP contribution in [0.1, 0.15) is 5.69 Å². The lowest BCUT2D eigenvalue weighted by Gasteiger charge is -2.07. The standard InChI is InChI=1S/C15H10Cl3N3OS2/c1-7-9(17)5-10(18)14(19-7)21-13(22)6-23-15-20-11-4-8(16)2-3-12(11)24-15/h2-5H,6H2,1H3,(H,19,21,22). The third-order valence-corrected chi connectivity index (χ3v) is 6.10. The van der Waals surface area contributed by atoms with Gasteiger partial charge in [0.2, 0.25) is 5.91 Å². The van der Waals surface area contributed by atoms with Crippen molar-refractivity contribution in [1.29, 1.82) is 0 Å². The molecule has 0 unspecified atom stereocenters. The Morgan fingerprint density at radius 1 is 1.21 bits per heavy atom. The quantitative estimate of drug-likeness (QED) is 0.553. The van der Waals surface area contributed by atoms with Crippen LogP contribution in [0.3, 0.4) is 0 Å². The SMILES string of the molecule is Cc1nc(NC(=O)CSc2nc3cc(Cl)ccc3s2)c(Cl)cc1Cl. The van der Waals surface area contributed by atoms with E-state index in [-0.39, 0.29) is 11.7 Å². The van der Waals surface area contributed by atoms with E-state index in [1.807, 2.05) is 12.1 Å². The molecule has 0 saturated carbocycles. The van der Waals surface area contributed by atoms with Gasteiger partial charge in [0.25, 0.3) is 0 Å². The summed E-state index contributed by atoms with van der Waals surface area (Å²) >= 11 is 20.8. The Hall–Kier alpha value is -1.05. The highest BCUT2D eigenvalue weighted by Gasteiger charge is 2.12. The number of nitrogens with one attached hydrogen (secondary N) is 1. The van der Waals surface area contributed by atoms with E-state index >= 15 is 0 Å². The lowest BCUT2D eigenvalue weighted by atomic mass is 10.3. The summed E-state index contributed by atoms with van der Waals surface area (Å²) in [5.74, 6) is 0.293. The fraction of sp³-hybridized carbons (Fsp3) is 0.133. The fourth-order valence-corrected chi connectivity index (χ4v) is 4.30. The van der Waals surface area contributed by atoms with Crippen molar-refractivity contribution in [3.05, 3.63) is 45.0 Å². The van der Waals surface area contributed by atoms with E-state index in [0.717, 1.165) is 14.6 Å². The molecular formula is C15H10Cl3N3OS2. The van der Waals surface area contributed by atoms with Gasteiger partial charge in [-0.05, 0) is 31.2 Å². The number of hydrogen-bond donors (Lipinski definition) is 1. The number of anilines is 1. The molecule has 0 aliphatic rings. The van der Waals surface area contributed by atoms with Crippen LogP contribution in [-0.2, 0) is 4.79 Å². The molecule has 2 aromatic heterocycles. The van der Waals surface area contributed by atoms with Gasteiger partial charge in [-0.3, -0.25) is 4.79 Å². The molecule has 9 heteroatoms. The molecule has 0 bridgehead atoms. The van der Waals surface area contributed by atoms with Gasteiger partial charge in [0.15, 0.2) is 10.2 Å². The molecule has 1 N–H and O–H groups in total. The highest BCUT2D eigenvalue weighted by Crippen LogP contribution is 2.31. The lowest BCUT2D eigenvalue weighted by Crippen LogP contribution is -2.15. The zero-order valence-electron chi connectivity index (χ0n) is 12.3. The smallest absolute Gasteiger partial charge is 0.236 e. The average molecular weight is 419 g/mol. The van der Waals surface area contributed by atoms with Crippen LogP contribution in [-0.4, -0.2) is 21.6 Å². The Bertz CT molecular complexity index is 930. The number of nitrogens with zero attached hydrogens (tertiary/aromatic N) is 2. The van der Waals surface area contributed by atoms with Crippen molar-refractivity contribution in [2.45, 2.75) is 11.3 Å². The van der Waals surface area contributed by atoms with Crippen LogP contribution in [0, 0.1) is 6.92 Å². The second-order valence-corrected chi connectivity index (χ2v) is 8.32. The maximum absolute atomic E-state index is 12.1. The van der Waals surface area contributed by atoms with Crippen molar-refractivity contribution in [3.63, 3.8) is 0 Å². The van der Waals surface area contributed by atoms with Gasteiger partial charge >= 0.3 is 0 Å². The predicted octanol–water partition coefficient (Wildman–Crippen LogP) is 5.69. The van der Waals surface area contributed by atoms with Gasteiger partial charge in [0, 0.05) is 5.02 Å². The molecule has 0 atom stereocenters. The molecule has 0 spiro atoms. The van der Waals surface area contributed by atoms with E-state index in [1.165, 1.54) is 23.1 Å². The minimum absolute atomic E-state index is 0.202. The van der Waals surface area contributed by atoms with Crippen LogP contribution in [0.15, 0.2) is 28.6 Å². The Kier molecular flexibility index (Phi) is 5.52. The molecule has 0 radical (unpaired) electrons. The molecular weight excluding hydrogens is 409 g/mol. The molecule has 0 fully saturated rings. The fourth-order valence-electron chi connectivity index (χ4n) is 1.88. The highest BCUT2D eigenvalue weighted by atomic mass is 35.5. The van der Waals surface area contributed by atoms with E-state index in [1.54, 1.807) is 19.1 Å². The minimum atomic E-state index is -0.214. The van der Waals surface area contributed by atoms with Crippen LogP contribution >= 0.6 is 57.9 Å². The predicted molar refractivity (Wildman–Crippen MR) is 103 cm³/mol. The first kappa shape index (κ1) is 17.8. The molecule has 1 aromatic carbocycles. The first-order valence-electron chi connectivity index (χ1n) is 6.74. The average Bonchev–Trinajstić information content (AvgIpc) is 2.92. The maximum Gasteiger partial charge on any atom is 0.236 e. The number of thioether (sulfide) groups is 1. The topological polar surface area (TPSA) is 54.9 Å². The molecule has 3 rings (SSSR count). The normalized spacial score (nSPS) is 11.0. The lowest BCUT2D eigenvalue weighted by molar-refractivity contribution is -0.113. The molecule has 124 valence electrons. The summed E-state index contributed by atoms with van der Waals surface area (Å²) in [7, 11) is 0.